The highest BCUT2D eigenvalue weighted by Crippen LogP contribution is 2.32. The molecule has 0 radical (unpaired) electrons. The molecule has 0 aliphatic carbocycles. The zero-order chi connectivity index (χ0) is 13.7. The molecule has 3 unspecified atom stereocenters. The van der Waals surface area contributed by atoms with E-state index in [1.54, 1.807) is 7.11 Å². The first kappa shape index (κ1) is 14.6. The minimum absolute atomic E-state index is 0.246. The summed E-state index contributed by atoms with van der Waals surface area (Å²) in [7, 11) is 1.68. The number of nitrogens with one attached hydrogen (secondary N) is 1. The lowest BCUT2D eigenvalue weighted by Crippen LogP contribution is -2.29. The van der Waals surface area contributed by atoms with Gasteiger partial charge in [0.1, 0.15) is 18.1 Å². The average molecular weight is 267 g/mol. The van der Waals surface area contributed by atoms with Crippen LogP contribution in [0.5, 0.6) is 0 Å². The molecule has 1 aliphatic heterocycles. The van der Waals surface area contributed by atoms with E-state index < -0.39 is 0 Å². The molecule has 3 atom stereocenters. The van der Waals surface area contributed by atoms with Crippen LogP contribution in [-0.2, 0) is 16.1 Å². The van der Waals surface area contributed by atoms with Gasteiger partial charge in [0.25, 0.3) is 0 Å². The van der Waals surface area contributed by atoms with E-state index in [9.17, 15) is 0 Å². The van der Waals surface area contributed by atoms with Gasteiger partial charge in [0.2, 0.25) is 0 Å². The van der Waals surface area contributed by atoms with Gasteiger partial charge in [-0.3, -0.25) is 0 Å². The Balaban J connectivity index is 2.06. The van der Waals surface area contributed by atoms with Crippen molar-refractivity contribution >= 4 is 0 Å². The van der Waals surface area contributed by atoms with Crippen LogP contribution < -0.4 is 5.32 Å². The lowest BCUT2D eigenvalue weighted by atomic mass is 9.95. The van der Waals surface area contributed by atoms with Crippen molar-refractivity contribution in [3.8, 4) is 0 Å². The molecule has 0 amide bonds. The molecule has 1 saturated heterocycles. The first-order chi connectivity index (χ1) is 9.24. The van der Waals surface area contributed by atoms with Crippen LogP contribution in [0.25, 0.3) is 0 Å². The summed E-state index contributed by atoms with van der Waals surface area (Å²) in [5.41, 5.74) is 0. The first-order valence-corrected chi connectivity index (χ1v) is 7.17. The minimum atomic E-state index is 0.246. The van der Waals surface area contributed by atoms with Gasteiger partial charge < -0.3 is 19.2 Å². The van der Waals surface area contributed by atoms with Crippen LogP contribution in [0.3, 0.4) is 0 Å². The van der Waals surface area contributed by atoms with Crippen molar-refractivity contribution in [1.29, 1.82) is 0 Å². The molecule has 2 heterocycles. The third kappa shape index (κ3) is 3.81. The Bertz CT molecular complexity index is 377. The Hall–Kier alpha value is -0.840. The number of ether oxygens (including phenoxy) is 2. The zero-order valence-electron chi connectivity index (χ0n) is 12.1. The van der Waals surface area contributed by atoms with E-state index in [1.165, 1.54) is 0 Å². The quantitative estimate of drug-likeness (QED) is 0.825. The lowest BCUT2D eigenvalue weighted by molar-refractivity contribution is 0.115. The largest absolute Gasteiger partial charge is 0.462 e. The molecule has 1 aliphatic rings. The fourth-order valence-electron chi connectivity index (χ4n) is 2.66. The molecule has 1 fully saturated rings. The van der Waals surface area contributed by atoms with Gasteiger partial charge >= 0.3 is 0 Å². The number of hydrogen-bond acceptors (Lipinski definition) is 4. The SMILES string of the molecule is CCCNC(c1ccc(COC)o1)C1COC(C)C1. The number of rotatable bonds is 7. The molecule has 1 aromatic rings. The van der Waals surface area contributed by atoms with Gasteiger partial charge in [0.15, 0.2) is 0 Å². The van der Waals surface area contributed by atoms with E-state index >= 15 is 0 Å². The second kappa shape index (κ2) is 7.08. The molecule has 0 bridgehead atoms. The second-order valence-corrected chi connectivity index (χ2v) is 5.31. The molecule has 1 N–H and O–H groups in total. The zero-order valence-corrected chi connectivity index (χ0v) is 12.1. The summed E-state index contributed by atoms with van der Waals surface area (Å²) in [5, 5.41) is 3.59. The highest BCUT2D eigenvalue weighted by atomic mass is 16.5. The maximum atomic E-state index is 5.89. The van der Waals surface area contributed by atoms with Gasteiger partial charge in [-0.25, -0.2) is 0 Å². The van der Waals surface area contributed by atoms with Crippen LogP contribution in [0.4, 0.5) is 0 Å². The summed E-state index contributed by atoms with van der Waals surface area (Å²) >= 11 is 0. The number of hydrogen-bond donors (Lipinski definition) is 1. The van der Waals surface area contributed by atoms with E-state index in [-0.39, 0.29) is 6.04 Å². The summed E-state index contributed by atoms with van der Waals surface area (Å²) in [5.74, 6) is 2.37. The van der Waals surface area contributed by atoms with Gasteiger partial charge in [-0.1, -0.05) is 6.92 Å². The van der Waals surface area contributed by atoms with Gasteiger partial charge in [-0.15, -0.1) is 0 Å². The van der Waals surface area contributed by atoms with Crippen LogP contribution in [-0.4, -0.2) is 26.4 Å². The van der Waals surface area contributed by atoms with Gasteiger partial charge in [0.05, 0.1) is 18.8 Å². The topological polar surface area (TPSA) is 43.6 Å². The van der Waals surface area contributed by atoms with E-state index in [2.05, 4.69) is 25.2 Å². The molecule has 19 heavy (non-hydrogen) atoms. The van der Waals surface area contributed by atoms with Crippen LogP contribution in [0, 0.1) is 5.92 Å². The fraction of sp³-hybridized carbons (Fsp3) is 0.733. The predicted octanol–water partition coefficient (Wildman–Crippen LogP) is 2.89. The normalized spacial score (nSPS) is 24.8. The molecular weight excluding hydrogens is 242 g/mol. The minimum Gasteiger partial charge on any atom is -0.462 e. The van der Waals surface area contributed by atoms with Crippen molar-refractivity contribution in [2.24, 2.45) is 5.92 Å². The highest BCUT2D eigenvalue weighted by molar-refractivity contribution is 5.12. The number of methoxy groups -OCH3 is 1. The highest BCUT2D eigenvalue weighted by Gasteiger charge is 2.32. The van der Waals surface area contributed by atoms with E-state index in [0.29, 0.717) is 18.6 Å². The van der Waals surface area contributed by atoms with Crippen molar-refractivity contribution in [2.75, 3.05) is 20.3 Å². The maximum absolute atomic E-state index is 5.89. The van der Waals surface area contributed by atoms with Crippen LogP contribution in [0.15, 0.2) is 16.5 Å². The smallest absolute Gasteiger partial charge is 0.129 e. The van der Waals surface area contributed by atoms with Crippen molar-refractivity contribution < 1.29 is 13.9 Å². The van der Waals surface area contributed by atoms with E-state index in [0.717, 1.165) is 37.5 Å². The standard InChI is InChI=1S/C15H25NO3/c1-4-7-16-15(12-8-11(2)18-9-12)14-6-5-13(19-14)10-17-3/h5-6,11-12,15-16H,4,7-10H2,1-3H3. The Morgan fingerprint density at radius 1 is 1.47 bits per heavy atom. The maximum Gasteiger partial charge on any atom is 0.129 e. The summed E-state index contributed by atoms with van der Waals surface area (Å²) < 4.78 is 16.7. The summed E-state index contributed by atoms with van der Waals surface area (Å²) in [6.45, 7) is 6.64. The predicted molar refractivity (Wildman–Crippen MR) is 74.0 cm³/mol. The fourth-order valence-corrected chi connectivity index (χ4v) is 2.66. The van der Waals surface area contributed by atoms with E-state index in [4.69, 9.17) is 13.9 Å². The van der Waals surface area contributed by atoms with Crippen LogP contribution in [0.1, 0.15) is 44.3 Å². The monoisotopic (exact) mass is 267 g/mol. The van der Waals surface area contributed by atoms with E-state index in [1.807, 2.05) is 6.07 Å². The van der Waals surface area contributed by atoms with Crippen LogP contribution >= 0.6 is 0 Å². The molecule has 2 rings (SSSR count). The summed E-state index contributed by atoms with van der Waals surface area (Å²) in [6, 6.07) is 4.30. The van der Waals surface area contributed by atoms with Gasteiger partial charge in [-0.05, 0) is 38.4 Å². The molecule has 1 aromatic heterocycles. The Morgan fingerprint density at radius 2 is 2.32 bits per heavy atom. The lowest BCUT2D eigenvalue weighted by Gasteiger charge is -2.21. The van der Waals surface area contributed by atoms with Crippen molar-refractivity contribution in [3.63, 3.8) is 0 Å². The van der Waals surface area contributed by atoms with Gasteiger partial charge in [0, 0.05) is 13.0 Å². The van der Waals surface area contributed by atoms with Gasteiger partial charge in [-0.2, -0.15) is 0 Å². The van der Waals surface area contributed by atoms with Crippen molar-refractivity contribution in [2.45, 2.75) is 45.4 Å². The molecule has 0 aromatic carbocycles. The molecular formula is C15H25NO3. The first-order valence-electron chi connectivity index (χ1n) is 7.17. The average Bonchev–Trinajstić information content (AvgIpc) is 3.01. The number of furan rings is 1. The molecule has 4 heteroatoms. The molecule has 0 saturated carbocycles. The Labute approximate surface area is 115 Å². The third-order valence-electron chi connectivity index (χ3n) is 3.59. The molecule has 0 spiro atoms. The van der Waals surface area contributed by atoms with Crippen molar-refractivity contribution in [1.82, 2.24) is 5.32 Å². The Morgan fingerprint density at radius 3 is 2.95 bits per heavy atom. The molecule has 4 nitrogen and oxygen atoms in total. The summed E-state index contributed by atoms with van der Waals surface area (Å²) in [6.07, 6.45) is 2.55. The Kier molecular flexibility index (Phi) is 5.43. The summed E-state index contributed by atoms with van der Waals surface area (Å²) in [4.78, 5) is 0. The second-order valence-electron chi connectivity index (χ2n) is 5.31. The molecule has 108 valence electrons. The van der Waals surface area contributed by atoms with Crippen molar-refractivity contribution in [3.05, 3.63) is 23.7 Å². The van der Waals surface area contributed by atoms with Crippen LogP contribution in [0.2, 0.25) is 0 Å². The third-order valence-corrected chi connectivity index (χ3v) is 3.59.